The second kappa shape index (κ2) is 7.37. The third kappa shape index (κ3) is 3.47. The normalized spacial score (nSPS) is 14.7. The van der Waals surface area contributed by atoms with Crippen LogP contribution in [0.15, 0.2) is 41.0 Å². The molecule has 1 amide bonds. The Bertz CT molecular complexity index is 1010. The fourth-order valence-corrected chi connectivity index (χ4v) is 4.18. The van der Waals surface area contributed by atoms with Crippen molar-refractivity contribution in [3.05, 3.63) is 70.0 Å². The molecule has 0 saturated carbocycles. The van der Waals surface area contributed by atoms with Crippen LogP contribution in [0.3, 0.4) is 0 Å². The zero-order valence-electron chi connectivity index (χ0n) is 15.1. The first-order chi connectivity index (χ1) is 12.8. The van der Waals surface area contributed by atoms with Crippen LogP contribution in [-0.4, -0.2) is 5.91 Å². The van der Waals surface area contributed by atoms with Gasteiger partial charge in [0.25, 0.3) is 0 Å². The molecule has 140 valence electrons. The van der Waals surface area contributed by atoms with Gasteiger partial charge in [0.1, 0.15) is 5.58 Å². The van der Waals surface area contributed by atoms with Crippen molar-refractivity contribution in [3.8, 4) is 0 Å². The van der Waals surface area contributed by atoms with Crippen LogP contribution in [0.1, 0.15) is 39.8 Å². The van der Waals surface area contributed by atoms with Crippen molar-refractivity contribution in [1.82, 2.24) is 10.6 Å². The van der Waals surface area contributed by atoms with Gasteiger partial charge in [-0.1, -0.05) is 18.2 Å². The SMILES string of the molecule is Cl.O=C(Cc1coc2cc3c(cc12)CCC3)NCc1ccc2c(c1)CNC2. The molecule has 0 saturated heterocycles. The molecule has 0 bridgehead atoms. The van der Waals surface area contributed by atoms with Crippen molar-refractivity contribution in [3.63, 3.8) is 0 Å². The first kappa shape index (κ1) is 18.1. The second-order valence-electron chi connectivity index (χ2n) is 7.39. The second-order valence-corrected chi connectivity index (χ2v) is 7.39. The fourth-order valence-electron chi connectivity index (χ4n) is 4.18. The number of fused-ring (bicyclic) bond motifs is 3. The lowest BCUT2D eigenvalue weighted by Crippen LogP contribution is -2.24. The van der Waals surface area contributed by atoms with Crippen LogP contribution in [0.2, 0.25) is 0 Å². The van der Waals surface area contributed by atoms with Crippen LogP contribution >= 0.6 is 12.4 Å². The number of amides is 1. The van der Waals surface area contributed by atoms with Gasteiger partial charge < -0.3 is 15.1 Å². The largest absolute Gasteiger partial charge is 0.464 e. The zero-order valence-corrected chi connectivity index (χ0v) is 16.0. The van der Waals surface area contributed by atoms with Crippen LogP contribution in [-0.2, 0) is 43.7 Å². The Morgan fingerprint density at radius 1 is 1.04 bits per heavy atom. The first-order valence-electron chi connectivity index (χ1n) is 9.36. The van der Waals surface area contributed by atoms with Crippen LogP contribution in [0.4, 0.5) is 0 Å². The summed E-state index contributed by atoms with van der Waals surface area (Å²) in [5, 5.41) is 7.48. The Hall–Kier alpha value is -2.30. The molecular weight excluding hydrogens is 360 g/mol. The van der Waals surface area contributed by atoms with Crippen LogP contribution in [0, 0.1) is 0 Å². The maximum Gasteiger partial charge on any atom is 0.224 e. The maximum atomic E-state index is 12.4. The van der Waals surface area contributed by atoms with E-state index in [9.17, 15) is 4.79 Å². The molecule has 1 aromatic heterocycles. The summed E-state index contributed by atoms with van der Waals surface area (Å²) in [5.41, 5.74) is 8.53. The smallest absolute Gasteiger partial charge is 0.224 e. The van der Waals surface area contributed by atoms with Crippen molar-refractivity contribution < 1.29 is 9.21 Å². The van der Waals surface area contributed by atoms with Gasteiger partial charge in [0.15, 0.2) is 0 Å². The molecule has 0 atom stereocenters. The molecule has 0 unspecified atom stereocenters. The average Bonchev–Trinajstić information content (AvgIpc) is 3.37. The molecule has 1 aliphatic carbocycles. The molecule has 0 spiro atoms. The number of aryl methyl sites for hydroxylation is 2. The van der Waals surface area contributed by atoms with Crippen molar-refractivity contribution in [2.75, 3.05) is 0 Å². The Kier molecular flexibility index (Phi) is 4.94. The quantitative estimate of drug-likeness (QED) is 0.721. The Morgan fingerprint density at radius 2 is 1.85 bits per heavy atom. The van der Waals surface area contributed by atoms with E-state index >= 15 is 0 Å². The van der Waals surface area contributed by atoms with E-state index in [1.54, 1.807) is 6.26 Å². The first-order valence-corrected chi connectivity index (χ1v) is 9.36. The Balaban J connectivity index is 0.00000180. The standard InChI is InChI=1S/C22H22N2O2.ClH/c25-22(24-10-14-4-5-17-11-23-12-18(17)6-14)9-19-13-26-21-8-16-3-1-2-15(16)7-20(19)21;/h4-8,13,23H,1-3,9-12H2,(H,24,25);1H. The van der Waals surface area contributed by atoms with E-state index in [0.717, 1.165) is 48.0 Å². The topological polar surface area (TPSA) is 54.3 Å². The van der Waals surface area contributed by atoms with E-state index in [4.69, 9.17) is 4.42 Å². The Labute approximate surface area is 164 Å². The summed E-state index contributed by atoms with van der Waals surface area (Å²) in [7, 11) is 0. The van der Waals surface area contributed by atoms with Crippen molar-refractivity contribution >= 4 is 29.3 Å². The number of hydrogen-bond donors (Lipinski definition) is 2. The number of nitrogens with one attached hydrogen (secondary N) is 2. The number of furan rings is 1. The van der Waals surface area contributed by atoms with Gasteiger partial charge in [0, 0.05) is 30.6 Å². The van der Waals surface area contributed by atoms with Gasteiger partial charge in [0.05, 0.1) is 12.7 Å². The molecule has 2 aromatic carbocycles. The minimum absolute atomic E-state index is 0. The molecule has 0 radical (unpaired) electrons. The minimum atomic E-state index is 0. The highest BCUT2D eigenvalue weighted by atomic mass is 35.5. The number of rotatable bonds is 4. The molecule has 1 aliphatic heterocycles. The van der Waals surface area contributed by atoms with E-state index in [1.165, 1.54) is 28.7 Å². The Morgan fingerprint density at radius 3 is 2.74 bits per heavy atom. The third-order valence-corrected chi connectivity index (χ3v) is 5.61. The third-order valence-electron chi connectivity index (χ3n) is 5.61. The molecule has 2 heterocycles. The lowest BCUT2D eigenvalue weighted by Gasteiger charge is -2.07. The minimum Gasteiger partial charge on any atom is -0.464 e. The molecule has 3 aromatic rings. The summed E-state index contributed by atoms with van der Waals surface area (Å²) in [5.74, 6) is 0.0341. The highest BCUT2D eigenvalue weighted by molar-refractivity contribution is 5.88. The van der Waals surface area contributed by atoms with Crippen molar-refractivity contribution in [2.24, 2.45) is 0 Å². The van der Waals surface area contributed by atoms with E-state index in [2.05, 4.69) is 41.0 Å². The maximum absolute atomic E-state index is 12.4. The number of carbonyl (C=O) groups is 1. The summed E-state index contributed by atoms with van der Waals surface area (Å²) >= 11 is 0. The predicted octanol–water partition coefficient (Wildman–Crippen LogP) is 3.81. The van der Waals surface area contributed by atoms with E-state index in [0.29, 0.717) is 13.0 Å². The molecule has 2 N–H and O–H groups in total. The summed E-state index contributed by atoms with van der Waals surface area (Å²) in [6.45, 7) is 2.43. The summed E-state index contributed by atoms with van der Waals surface area (Å²) in [6.07, 6.45) is 5.58. The summed E-state index contributed by atoms with van der Waals surface area (Å²) in [6, 6.07) is 10.8. The van der Waals surface area contributed by atoms with Gasteiger partial charge in [-0.25, -0.2) is 0 Å². The zero-order chi connectivity index (χ0) is 17.5. The molecular formula is C22H23ClN2O2. The van der Waals surface area contributed by atoms with Crippen LogP contribution in [0.25, 0.3) is 11.0 Å². The average molecular weight is 383 g/mol. The van der Waals surface area contributed by atoms with E-state index in [-0.39, 0.29) is 18.3 Å². The van der Waals surface area contributed by atoms with Gasteiger partial charge in [-0.05, 0) is 59.2 Å². The van der Waals surface area contributed by atoms with Gasteiger partial charge in [-0.3, -0.25) is 4.79 Å². The predicted molar refractivity (Wildman–Crippen MR) is 108 cm³/mol. The highest BCUT2D eigenvalue weighted by Gasteiger charge is 2.17. The molecule has 0 fully saturated rings. The lowest BCUT2D eigenvalue weighted by molar-refractivity contribution is -0.120. The summed E-state index contributed by atoms with van der Waals surface area (Å²) < 4.78 is 5.70. The number of benzene rings is 2. The lowest BCUT2D eigenvalue weighted by atomic mass is 10.0. The molecule has 27 heavy (non-hydrogen) atoms. The van der Waals surface area contributed by atoms with Crippen LogP contribution in [0.5, 0.6) is 0 Å². The van der Waals surface area contributed by atoms with E-state index < -0.39 is 0 Å². The van der Waals surface area contributed by atoms with Crippen molar-refractivity contribution in [2.45, 2.75) is 45.3 Å². The van der Waals surface area contributed by atoms with Gasteiger partial charge >= 0.3 is 0 Å². The molecule has 2 aliphatic rings. The van der Waals surface area contributed by atoms with Crippen LogP contribution < -0.4 is 10.6 Å². The van der Waals surface area contributed by atoms with Gasteiger partial charge in [-0.15, -0.1) is 12.4 Å². The monoisotopic (exact) mass is 382 g/mol. The van der Waals surface area contributed by atoms with Gasteiger partial charge in [0.2, 0.25) is 5.91 Å². The van der Waals surface area contributed by atoms with Crippen molar-refractivity contribution in [1.29, 1.82) is 0 Å². The fraction of sp³-hybridized carbons (Fsp3) is 0.318. The number of hydrogen-bond acceptors (Lipinski definition) is 3. The number of halogens is 1. The van der Waals surface area contributed by atoms with Gasteiger partial charge in [-0.2, -0.15) is 0 Å². The summed E-state index contributed by atoms with van der Waals surface area (Å²) in [4.78, 5) is 12.4. The molecule has 5 heteroatoms. The number of carbonyl (C=O) groups excluding carboxylic acids is 1. The highest BCUT2D eigenvalue weighted by Crippen LogP contribution is 2.30. The van der Waals surface area contributed by atoms with E-state index in [1.807, 2.05) is 0 Å². The molecule has 4 nitrogen and oxygen atoms in total. The molecule has 5 rings (SSSR count).